The third-order valence-electron chi connectivity index (χ3n) is 2.88. The van der Waals surface area contributed by atoms with E-state index < -0.39 is 0 Å². The Bertz CT molecular complexity index is 195. The van der Waals surface area contributed by atoms with Crippen LogP contribution >= 0.6 is 0 Å². The lowest BCUT2D eigenvalue weighted by Gasteiger charge is -2.49. The van der Waals surface area contributed by atoms with Crippen molar-refractivity contribution in [2.45, 2.75) is 25.4 Å². The van der Waals surface area contributed by atoms with Crippen molar-refractivity contribution >= 4 is 5.91 Å². The minimum atomic E-state index is -0.244. The molecule has 1 fully saturated rings. The van der Waals surface area contributed by atoms with Crippen LogP contribution in [0.15, 0.2) is 0 Å². The number of nitrogens with zero attached hydrogens (tertiary/aromatic N) is 2. The van der Waals surface area contributed by atoms with Crippen LogP contribution in [0.3, 0.4) is 0 Å². The van der Waals surface area contributed by atoms with Gasteiger partial charge in [-0.05, 0) is 20.5 Å². The summed E-state index contributed by atoms with van der Waals surface area (Å²) in [6.07, 6.45) is 1.13. The van der Waals surface area contributed by atoms with Gasteiger partial charge in [-0.25, -0.2) is 0 Å². The third-order valence-corrected chi connectivity index (χ3v) is 2.88. The van der Waals surface area contributed by atoms with Crippen LogP contribution in [0.1, 0.15) is 13.3 Å². The van der Waals surface area contributed by atoms with Crippen LogP contribution in [-0.4, -0.2) is 55.0 Å². The number of likely N-dealkylation sites (tertiary alicyclic amines) is 1. The van der Waals surface area contributed by atoms with Crippen LogP contribution < -0.4 is 5.73 Å². The Balaban J connectivity index is 2.40. The highest BCUT2D eigenvalue weighted by Crippen LogP contribution is 2.22. The molecule has 0 bridgehead atoms. The monoisotopic (exact) mass is 185 g/mol. The predicted octanol–water partition coefficient (Wildman–Crippen LogP) is -0.504. The highest BCUT2D eigenvalue weighted by molar-refractivity contribution is 5.75. The summed E-state index contributed by atoms with van der Waals surface area (Å²) in [6.45, 7) is 3.59. The lowest BCUT2D eigenvalue weighted by atomic mass is 9.93. The average Bonchev–Trinajstić information content (AvgIpc) is 1.99. The Labute approximate surface area is 79.7 Å². The zero-order valence-electron chi connectivity index (χ0n) is 8.66. The van der Waals surface area contributed by atoms with Gasteiger partial charge >= 0.3 is 0 Å². The summed E-state index contributed by atoms with van der Waals surface area (Å²) in [5.74, 6) is -0.244. The smallest absolute Gasteiger partial charge is 0.231 e. The molecule has 76 valence electrons. The van der Waals surface area contributed by atoms with E-state index in [1.54, 1.807) is 0 Å². The minimum absolute atomic E-state index is 0.244. The number of likely N-dealkylation sites (N-methyl/N-ethyl adjacent to an activating group) is 2. The molecule has 4 nitrogen and oxygen atoms in total. The van der Waals surface area contributed by atoms with Gasteiger partial charge in [-0.2, -0.15) is 0 Å². The van der Waals surface area contributed by atoms with E-state index in [2.05, 4.69) is 23.8 Å². The second-order valence-corrected chi connectivity index (χ2v) is 3.86. The van der Waals surface area contributed by atoms with Gasteiger partial charge in [0, 0.05) is 18.6 Å². The van der Waals surface area contributed by atoms with E-state index in [4.69, 9.17) is 5.73 Å². The number of primary amides is 1. The number of nitrogens with two attached hydrogens (primary N) is 1. The lowest BCUT2D eigenvalue weighted by Crippen LogP contribution is -2.64. The van der Waals surface area contributed by atoms with E-state index in [-0.39, 0.29) is 5.91 Å². The summed E-state index contributed by atoms with van der Waals surface area (Å²) < 4.78 is 0. The Morgan fingerprint density at radius 2 is 2.31 bits per heavy atom. The van der Waals surface area contributed by atoms with Crippen molar-refractivity contribution < 1.29 is 4.79 Å². The number of hydrogen-bond donors (Lipinski definition) is 1. The second-order valence-electron chi connectivity index (χ2n) is 3.86. The van der Waals surface area contributed by atoms with Crippen molar-refractivity contribution in [3.05, 3.63) is 0 Å². The van der Waals surface area contributed by atoms with Gasteiger partial charge in [0.1, 0.15) is 0 Å². The first-order valence-electron chi connectivity index (χ1n) is 4.75. The molecule has 2 atom stereocenters. The minimum Gasteiger partial charge on any atom is -0.369 e. The van der Waals surface area contributed by atoms with Crippen LogP contribution in [0, 0.1) is 0 Å². The molecule has 1 saturated heterocycles. The lowest BCUT2D eigenvalue weighted by molar-refractivity contribution is -0.120. The van der Waals surface area contributed by atoms with Gasteiger partial charge in [0.05, 0.1) is 6.54 Å². The Morgan fingerprint density at radius 1 is 1.69 bits per heavy atom. The summed E-state index contributed by atoms with van der Waals surface area (Å²) in [5, 5.41) is 0. The summed E-state index contributed by atoms with van der Waals surface area (Å²) in [6, 6.07) is 1.09. The fraction of sp³-hybridized carbons (Fsp3) is 0.889. The van der Waals surface area contributed by atoms with E-state index in [0.717, 1.165) is 13.0 Å². The molecule has 1 heterocycles. The molecule has 0 saturated carbocycles. The topological polar surface area (TPSA) is 49.6 Å². The van der Waals surface area contributed by atoms with E-state index in [1.165, 1.54) is 0 Å². The molecule has 0 aromatic rings. The van der Waals surface area contributed by atoms with E-state index in [1.807, 2.05) is 7.05 Å². The molecule has 0 spiro atoms. The highest BCUT2D eigenvalue weighted by atomic mass is 16.1. The molecule has 1 aliphatic heterocycles. The Morgan fingerprint density at radius 3 is 2.69 bits per heavy atom. The van der Waals surface area contributed by atoms with Crippen LogP contribution in [0.2, 0.25) is 0 Å². The van der Waals surface area contributed by atoms with Crippen molar-refractivity contribution in [2.75, 3.05) is 27.2 Å². The molecule has 1 rings (SSSR count). The first kappa shape index (κ1) is 10.5. The quantitative estimate of drug-likeness (QED) is 0.642. The van der Waals surface area contributed by atoms with Gasteiger partial charge in [-0.15, -0.1) is 0 Å². The van der Waals surface area contributed by atoms with Crippen molar-refractivity contribution in [1.29, 1.82) is 0 Å². The number of hydrogen-bond acceptors (Lipinski definition) is 3. The molecule has 0 radical (unpaired) electrons. The number of amides is 1. The van der Waals surface area contributed by atoms with Crippen molar-refractivity contribution in [3.63, 3.8) is 0 Å². The first-order valence-corrected chi connectivity index (χ1v) is 4.75. The first-order chi connectivity index (χ1) is 6.06. The fourth-order valence-corrected chi connectivity index (χ4v) is 2.09. The standard InChI is InChI=1S/C9H19N3O/c1-4-7-8(5-11(7)2)12(3)6-9(10)13/h7-8H,4-6H2,1-3H3,(H2,10,13)/t7?,8-/m0/s1. The molecule has 13 heavy (non-hydrogen) atoms. The van der Waals surface area contributed by atoms with Gasteiger partial charge in [0.2, 0.25) is 5.91 Å². The maximum Gasteiger partial charge on any atom is 0.231 e. The summed E-state index contributed by atoms with van der Waals surface area (Å²) in [4.78, 5) is 15.1. The van der Waals surface area contributed by atoms with Gasteiger partial charge in [-0.3, -0.25) is 9.69 Å². The number of carbonyl (C=O) groups excluding carboxylic acids is 1. The SMILES string of the molecule is CCC1[C@@H](N(C)CC(N)=O)CN1C. The van der Waals surface area contributed by atoms with E-state index in [9.17, 15) is 4.79 Å². The second kappa shape index (κ2) is 4.07. The zero-order chi connectivity index (χ0) is 10.0. The maximum absolute atomic E-state index is 10.7. The van der Waals surface area contributed by atoms with Crippen LogP contribution in [0.5, 0.6) is 0 Å². The van der Waals surface area contributed by atoms with Crippen LogP contribution in [-0.2, 0) is 4.79 Å². The summed E-state index contributed by atoms with van der Waals surface area (Å²) in [5.41, 5.74) is 5.14. The largest absolute Gasteiger partial charge is 0.369 e. The van der Waals surface area contributed by atoms with Gasteiger partial charge in [0.15, 0.2) is 0 Å². The van der Waals surface area contributed by atoms with Crippen LogP contribution in [0.4, 0.5) is 0 Å². The van der Waals surface area contributed by atoms with Crippen molar-refractivity contribution in [2.24, 2.45) is 5.73 Å². The fourth-order valence-electron chi connectivity index (χ4n) is 2.09. The Kier molecular flexibility index (Phi) is 3.27. The average molecular weight is 185 g/mol. The van der Waals surface area contributed by atoms with Crippen molar-refractivity contribution in [1.82, 2.24) is 9.80 Å². The molecule has 1 unspecified atom stereocenters. The molecule has 0 aliphatic carbocycles. The summed E-state index contributed by atoms with van der Waals surface area (Å²) >= 11 is 0. The van der Waals surface area contributed by atoms with Gasteiger partial charge < -0.3 is 10.6 Å². The van der Waals surface area contributed by atoms with Gasteiger partial charge in [0.25, 0.3) is 0 Å². The third kappa shape index (κ3) is 2.19. The molecule has 2 N–H and O–H groups in total. The molecule has 0 aromatic heterocycles. The summed E-state index contributed by atoms with van der Waals surface area (Å²) in [7, 11) is 4.08. The molecule has 1 amide bonds. The molecular formula is C9H19N3O. The maximum atomic E-state index is 10.7. The number of rotatable bonds is 4. The van der Waals surface area contributed by atoms with Crippen molar-refractivity contribution in [3.8, 4) is 0 Å². The highest BCUT2D eigenvalue weighted by Gasteiger charge is 2.37. The molecule has 4 heteroatoms. The zero-order valence-corrected chi connectivity index (χ0v) is 8.66. The number of carbonyl (C=O) groups is 1. The molecule has 0 aromatic carbocycles. The predicted molar refractivity (Wildman–Crippen MR) is 52.3 cm³/mol. The Hall–Kier alpha value is -0.610. The molecular weight excluding hydrogens is 166 g/mol. The van der Waals surface area contributed by atoms with Crippen LogP contribution in [0.25, 0.3) is 0 Å². The van der Waals surface area contributed by atoms with Gasteiger partial charge in [-0.1, -0.05) is 6.92 Å². The van der Waals surface area contributed by atoms with E-state index >= 15 is 0 Å². The van der Waals surface area contributed by atoms with E-state index in [0.29, 0.717) is 18.6 Å². The normalized spacial score (nSPS) is 28.9. The molecule has 1 aliphatic rings.